The van der Waals surface area contributed by atoms with Crippen LogP contribution in [0.4, 0.5) is 0 Å². The quantitative estimate of drug-likeness (QED) is 0.532. The molecule has 0 unspecified atom stereocenters. The molecule has 0 spiro atoms. The first-order valence-corrected chi connectivity index (χ1v) is 8.70. The second-order valence-electron chi connectivity index (χ2n) is 5.05. The average molecular weight is 330 g/mol. The van der Waals surface area contributed by atoms with Crippen LogP contribution in [0.3, 0.4) is 0 Å². The molecule has 0 fully saturated rings. The van der Waals surface area contributed by atoms with Crippen LogP contribution in [0, 0.1) is 5.92 Å². The van der Waals surface area contributed by atoms with Gasteiger partial charge in [0.25, 0.3) is 0 Å². The first-order valence-electron chi connectivity index (χ1n) is 6.81. The van der Waals surface area contributed by atoms with Gasteiger partial charge in [-0.2, -0.15) is 0 Å². The van der Waals surface area contributed by atoms with Crippen LogP contribution in [0.2, 0.25) is 0 Å². The summed E-state index contributed by atoms with van der Waals surface area (Å²) in [5.74, 6) is 0.569. The maximum atomic E-state index is 12.2. The highest BCUT2D eigenvalue weighted by Gasteiger charge is 2.18. The second kappa shape index (κ2) is 8.43. The number of thiocarbonyl (C=S) groups is 1. The molecule has 21 heavy (non-hydrogen) atoms. The fourth-order valence-electron chi connectivity index (χ4n) is 1.65. The van der Waals surface area contributed by atoms with E-state index in [-0.39, 0.29) is 16.4 Å². The fraction of sp³-hybridized carbons (Fsp3) is 0.500. The molecular weight excluding hydrogens is 308 g/mol. The van der Waals surface area contributed by atoms with Crippen molar-refractivity contribution >= 4 is 27.2 Å². The van der Waals surface area contributed by atoms with E-state index in [4.69, 9.17) is 22.7 Å². The lowest BCUT2D eigenvalue weighted by molar-refractivity contribution is 0.128. The Morgan fingerprint density at radius 3 is 2.62 bits per heavy atom. The predicted octanol–water partition coefficient (Wildman–Crippen LogP) is 1.66. The molecule has 0 atom stereocenters. The molecule has 0 saturated carbocycles. The van der Waals surface area contributed by atoms with E-state index in [0.717, 1.165) is 6.42 Å². The van der Waals surface area contributed by atoms with E-state index in [1.807, 2.05) is 0 Å². The van der Waals surface area contributed by atoms with Crippen molar-refractivity contribution in [3.05, 3.63) is 29.8 Å². The highest BCUT2D eigenvalue weighted by atomic mass is 32.2. The summed E-state index contributed by atoms with van der Waals surface area (Å²) >= 11 is 4.87. The minimum absolute atomic E-state index is 0.0594. The lowest BCUT2D eigenvalue weighted by atomic mass is 10.1. The molecule has 0 aliphatic heterocycles. The molecule has 5 nitrogen and oxygen atoms in total. The first-order chi connectivity index (χ1) is 9.84. The summed E-state index contributed by atoms with van der Waals surface area (Å²) in [5.41, 5.74) is 5.90. The van der Waals surface area contributed by atoms with Gasteiger partial charge in [0.15, 0.2) is 0 Å². The van der Waals surface area contributed by atoms with Crippen LogP contribution < -0.4 is 10.5 Å². The van der Waals surface area contributed by atoms with E-state index in [2.05, 4.69) is 18.6 Å². The molecule has 7 heteroatoms. The lowest BCUT2D eigenvalue weighted by Gasteiger charge is -2.11. The number of sulfonamides is 1. The summed E-state index contributed by atoms with van der Waals surface area (Å²) in [4.78, 5) is 0.156. The number of ether oxygens (including phenoxy) is 1. The van der Waals surface area contributed by atoms with Crippen LogP contribution >= 0.6 is 12.2 Å². The maximum absolute atomic E-state index is 12.2. The van der Waals surface area contributed by atoms with Gasteiger partial charge in [-0.3, -0.25) is 0 Å². The van der Waals surface area contributed by atoms with E-state index >= 15 is 0 Å². The molecule has 0 radical (unpaired) electrons. The lowest BCUT2D eigenvalue weighted by Crippen LogP contribution is -2.29. The molecule has 1 aromatic carbocycles. The molecule has 0 aromatic heterocycles. The minimum atomic E-state index is -3.64. The van der Waals surface area contributed by atoms with Gasteiger partial charge < -0.3 is 10.5 Å². The van der Waals surface area contributed by atoms with Gasteiger partial charge in [0.05, 0.1) is 11.5 Å². The van der Waals surface area contributed by atoms with E-state index < -0.39 is 10.0 Å². The predicted molar refractivity (Wildman–Crippen MR) is 87.8 cm³/mol. The zero-order chi connectivity index (χ0) is 15.9. The molecule has 0 amide bonds. The molecular formula is C14H22N2O3S2. The third-order valence-electron chi connectivity index (χ3n) is 2.82. The van der Waals surface area contributed by atoms with Crippen molar-refractivity contribution < 1.29 is 13.2 Å². The summed E-state index contributed by atoms with van der Waals surface area (Å²) in [6.07, 6.45) is 0.955. The van der Waals surface area contributed by atoms with Crippen molar-refractivity contribution in [2.24, 2.45) is 11.7 Å². The summed E-state index contributed by atoms with van der Waals surface area (Å²) in [6.45, 7) is 5.40. The van der Waals surface area contributed by atoms with Gasteiger partial charge in [-0.25, -0.2) is 13.1 Å². The van der Waals surface area contributed by atoms with Crippen LogP contribution in [-0.2, 0) is 14.8 Å². The Balaban J connectivity index is 2.57. The average Bonchev–Trinajstić information content (AvgIpc) is 2.42. The smallest absolute Gasteiger partial charge is 0.241 e. The van der Waals surface area contributed by atoms with Gasteiger partial charge in [-0.05, 0) is 18.4 Å². The van der Waals surface area contributed by atoms with Gasteiger partial charge in [0.2, 0.25) is 10.0 Å². The van der Waals surface area contributed by atoms with Gasteiger partial charge in [0.1, 0.15) is 4.99 Å². The van der Waals surface area contributed by atoms with Crippen LogP contribution in [0.15, 0.2) is 29.2 Å². The largest absolute Gasteiger partial charge is 0.389 e. The Morgan fingerprint density at radius 1 is 1.33 bits per heavy atom. The molecule has 3 N–H and O–H groups in total. The Morgan fingerprint density at radius 2 is 2.00 bits per heavy atom. The zero-order valence-electron chi connectivity index (χ0n) is 12.3. The van der Waals surface area contributed by atoms with Crippen LogP contribution in [0.1, 0.15) is 25.8 Å². The Kier molecular flexibility index (Phi) is 7.24. The molecule has 0 aliphatic rings. The van der Waals surface area contributed by atoms with Gasteiger partial charge in [0, 0.05) is 18.7 Å². The Bertz CT molecular complexity index is 571. The van der Waals surface area contributed by atoms with E-state index in [0.29, 0.717) is 24.7 Å². The molecule has 0 aliphatic carbocycles. The molecule has 0 bridgehead atoms. The molecule has 118 valence electrons. The van der Waals surface area contributed by atoms with Crippen LogP contribution in [0.25, 0.3) is 0 Å². The van der Waals surface area contributed by atoms with E-state index in [1.54, 1.807) is 18.2 Å². The highest BCUT2D eigenvalue weighted by molar-refractivity contribution is 7.89. The van der Waals surface area contributed by atoms with E-state index in [1.165, 1.54) is 6.07 Å². The van der Waals surface area contributed by atoms with Gasteiger partial charge in [-0.15, -0.1) is 0 Å². The number of hydrogen-bond acceptors (Lipinski definition) is 4. The summed E-state index contributed by atoms with van der Waals surface area (Å²) in [5, 5.41) is 0. The van der Waals surface area contributed by atoms with Crippen molar-refractivity contribution in [2.45, 2.75) is 25.2 Å². The van der Waals surface area contributed by atoms with Crippen molar-refractivity contribution in [2.75, 3.05) is 19.8 Å². The van der Waals surface area contributed by atoms with Crippen LogP contribution in [-0.4, -0.2) is 33.2 Å². The van der Waals surface area contributed by atoms with Crippen molar-refractivity contribution in [1.29, 1.82) is 0 Å². The van der Waals surface area contributed by atoms with Crippen molar-refractivity contribution in [3.63, 3.8) is 0 Å². The first kappa shape index (κ1) is 18.0. The molecule has 0 heterocycles. The standard InChI is InChI=1S/C14H22N2O3S2/c1-11(2)7-9-19-10-8-16-21(17,18)13-6-4-3-5-12(13)14(15)20/h3-6,11,16H,7-10H2,1-2H3,(H2,15,20). The van der Waals surface area contributed by atoms with E-state index in [9.17, 15) is 8.42 Å². The minimum Gasteiger partial charge on any atom is -0.389 e. The highest BCUT2D eigenvalue weighted by Crippen LogP contribution is 2.14. The SMILES string of the molecule is CC(C)CCOCCNS(=O)(=O)c1ccccc1C(N)=S. The Labute approximate surface area is 131 Å². The fourth-order valence-corrected chi connectivity index (χ4v) is 3.13. The zero-order valence-corrected chi connectivity index (χ0v) is 14.0. The number of rotatable bonds is 9. The monoisotopic (exact) mass is 330 g/mol. The van der Waals surface area contributed by atoms with Crippen molar-refractivity contribution in [3.8, 4) is 0 Å². The van der Waals surface area contributed by atoms with Crippen molar-refractivity contribution in [1.82, 2.24) is 4.72 Å². The maximum Gasteiger partial charge on any atom is 0.241 e. The van der Waals surface area contributed by atoms with Gasteiger partial charge >= 0.3 is 0 Å². The molecule has 1 rings (SSSR count). The third kappa shape index (κ3) is 6.09. The second-order valence-corrected chi connectivity index (χ2v) is 7.23. The summed E-state index contributed by atoms with van der Waals surface area (Å²) in [7, 11) is -3.64. The third-order valence-corrected chi connectivity index (χ3v) is 4.56. The normalized spacial score (nSPS) is 11.8. The summed E-state index contributed by atoms with van der Waals surface area (Å²) < 4.78 is 32.3. The summed E-state index contributed by atoms with van der Waals surface area (Å²) in [6, 6.07) is 6.41. The Hall–Kier alpha value is -1.02. The van der Waals surface area contributed by atoms with Gasteiger partial charge in [-0.1, -0.05) is 44.3 Å². The number of benzene rings is 1. The van der Waals surface area contributed by atoms with Crippen LogP contribution in [0.5, 0.6) is 0 Å². The number of hydrogen-bond donors (Lipinski definition) is 2. The topological polar surface area (TPSA) is 81.4 Å². The number of nitrogens with one attached hydrogen (secondary N) is 1. The molecule has 1 aromatic rings. The molecule has 0 saturated heterocycles. The number of nitrogens with two attached hydrogens (primary N) is 1.